The number of likely N-dealkylation sites (tertiary alicyclic amines) is 1. The van der Waals surface area contributed by atoms with E-state index in [4.69, 9.17) is 0 Å². The van der Waals surface area contributed by atoms with Crippen molar-refractivity contribution in [2.45, 2.75) is 57.2 Å². The second kappa shape index (κ2) is 9.61. The van der Waals surface area contributed by atoms with Crippen LogP contribution in [0.4, 0.5) is 0 Å². The molecule has 1 amide bonds. The summed E-state index contributed by atoms with van der Waals surface area (Å²) in [5, 5.41) is 7.79. The smallest absolute Gasteiger partial charge is 0.251 e. The number of nitrogens with zero attached hydrogens (tertiary/aromatic N) is 5. The molecule has 0 unspecified atom stereocenters. The number of aromatic nitrogens is 4. The third-order valence-corrected chi connectivity index (χ3v) is 6.69. The predicted octanol–water partition coefficient (Wildman–Crippen LogP) is 3.85. The fourth-order valence-electron chi connectivity index (χ4n) is 4.83. The van der Waals surface area contributed by atoms with Gasteiger partial charge in [0.25, 0.3) is 5.91 Å². The van der Waals surface area contributed by atoms with Gasteiger partial charge < -0.3 is 5.32 Å². The third-order valence-electron chi connectivity index (χ3n) is 6.69. The zero-order valence-electron chi connectivity index (χ0n) is 18.4. The molecule has 2 aromatic heterocycles. The van der Waals surface area contributed by atoms with Crippen LogP contribution in [0.1, 0.15) is 60.5 Å². The molecule has 2 aliphatic rings. The van der Waals surface area contributed by atoms with Gasteiger partial charge >= 0.3 is 0 Å². The highest BCUT2D eigenvalue weighted by Gasteiger charge is 2.24. The largest absolute Gasteiger partial charge is 0.349 e. The molecule has 7 heteroatoms. The monoisotopic (exact) mass is 430 g/mol. The number of hydrogen-bond donors (Lipinski definition) is 1. The number of nitrogens with one attached hydrogen (secondary N) is 1. The standard InChI is InChI=1S/C25H30N6O/c32-25(20-5-3-19(4-6-20)17-30-13-1-2-14-30)29-22-7-9-23(10-8-22)31-18-21(15-28-31)24-16-26-11-12-27-24/h3-6,11-12,15-16,18,22-23H,1-2,7-10,13-14,17H2,(H,29,32). The van der Waals surface area contributed by atoms with E-state index < -0.39 is 0 Å². The second-order valence-electron chi connectivity index (χ2n) is 8.96. The average molecular weight is 431 g/mol. The molecule has 0 radical (unpaired) electrons. The lowest BCUT2D eigenvalue weighted by Crippen LogP contribution is -2.38. The van der Waals surface area contributed by atoms with E-state index >= 15 is 0 Å². The Balaban J connectivity index is 1.11. The Morgan fingerprint density at radius 1 is 1.00 bits per heavy atom. The third kappa shape index (κ3) is 4.88. The molecule has 0 atom stereocenters. The number of carbonyl (C=O) groups excluding carboxylic acids is 1. The molecule has 32 heavy (non-hydrogen) atoms. The van der Waals surface area contributed by atoms with E-state index in [0.29, 0.717) is 6.04 Å². The van der Waals surface area contributed by atoms with Crippen LogP contribution in [0.2, 0.25) is 0 Å². The lowest BCUT2D eigenvalue weighted by Gasteiger charge is -2.29. The van der Waals surface area contributed by atoms with Crippen molar-refractivity contribution in [1.29, 1.82) is 0 Å². The van der Waals surface area contributed by atoms with Crippen molar-refractivity contribution in [3.05, 3.63) is 66.4 Å². The Bertz CT molecular complexity index is 1020. The first-order chi connectivity index (χ1) is 15.7. The van der Waals surface area contributed by atoms with E-state index in [-0.39, 0.29) is 11.9 Å². The van der Waals surface area contributed by atoms with E-state index in [0.717, 1.165) is 49.0 Å². The summed E-state index contributed by atoms with van der Waals surface area (Å²) < 4.78 is 2.04. The van der Waals surface area contributed by atoms with Crippen molar-refractivity contribution in [3.8, 4) is 11.3 Å². The molecule has 1 N–H and O–H groups in total. The zero-order chi connectivity index (χ0) is 21.8. The van der Waals surface area contributed by atoms with Gasteiger partial charge in [0.15, 0.2) is 0 Å². The van der Waals surface area contributed by atoms with E-state index in [1.54, 1.807) is 18.6 Å². The van der Waals surface area contributed by atoms with Crippen molar-refractivity contribution in [1.82, 2.24) is 30.0 Å². The van der Waals surface area contributed by atoms with Crippen molar-refractivity contribution in [3.63, 3.8) is 0 Å². The van der Waals surface area contributed by atoms with Crippen LogP contribution in [0, 0.1) is 0 Å². The molecule has 166 valence electrons. The normalized spacial score (nSPS) is 21.5. The molecule has 1 saturated carbocycles. The van der Waals surface area contributed by atoms with Crippen molar-refractivity contribution >= 4 is 5.91 Å². The van der Waals surface area contributed by atoms with Crippen LogP contribution in [0.5, 0.6) is 0 Å². The summed E-state index contributed by atoms with van der Waals surface area (Å²) in [7, 11) is 0. The maximum Gasteiger partial charge on any atom is 0.251 e. The summed E-state index contributed by atoms with van der Waals surface area (Å²) >= 11 is 0. The number of carbonyl (C=O) groups is 1. The summed E-state index contributed by atoms with van der Waals surface area (Å²) in [6, 6.07) is 8.69. The van der Waals surface area contributed by atoms with Gasteiger partial charge in [-0.05, 0) is 69.3 Å². The van der Waals surface area contributed by atoms with Crippen LogP contribution in [0.25, 0.3) is 11.3 Å². The fraction of sp³-hybridized carbons (Fsp3) is 0.440. The number of amides is 1. The Morgan fingerprint density at radius 3 is 2.50 bits per heavy atom. The average Bonchev–Trinajstić information content (AvgIpc) is 3.53. The molecule has 1 aliphatic carbocycles. The van der Waals surface area contributed by atoms with E-state index in [1.165, 1.54) is 31.5 Å². The minimum atomic E-state index is 0.0326. The lowest BCUT2D eigenvalue weighted by molar-refractivity contribution is 0.0921. The van der Waals surface area contributed by atoms with Gasteiger partial charge in [0.1, 0.15) is 0 Å². The van der Waals surface area contributed by atoms with Crippen LogP contribution >= 0.6 is 0 Å². The minimum Gasteiger partial charge on any atom is -0.349 e. The summed E-state index contributed by atoms with van der Waals surface area (Å²) in [6.45, 7) is 3.36. The number of benzene rings is 1. The van der Waals surface area contributed by atoms with E-state index in [1.807, 2.05) is 23.0 Å². The molecule has 7 nitrogen and oxygen atoms in total. The van der Waals surface area contributed by atoms with Crippen LogP contribution in [0.15, 0.2) is 55.2 Å². The molecule has 3 aromatic rings. The summed E-state index contributed by atoms with van der Waals surface area (Å²) in [6.07, 6.45) is 15.6. The second-order valence-corrected chi connectivity index (χ2v) is 8.96. The molecule has 3 heterocycles. The molecular formula is C25H30N6O. The lowest BCUT2D eigenvalue weighted by atomic mass is 9.91. The van der Waals surface area contributed by atoms with Gasteiger partial charge in [-0.3, -0.25) is 24.3 Å². The van der Waals surface area contributed by atoms with Crippen molar-refractivity contribution in [2.24, 2.45) is 0 Å². The van der Waals surface area contributed by atoms with Gasteiger partial charge in [-0.2, -0.15) is 5.10 Å². The highest BCUT2D eigenvalue weighted by atomic mass is 16.1. The first-order valence-corrected chi connectivity index (χ1v) is 11.7. The predicted molar refractivity (Wildman–Crippen MR) is 123 cm³/mol. The van der Waals surface area contributed by atoms with Crippen LogP contribution in [-0.2, 0) is 6.54 Å². The highest BCUT2D eigenvalue weighted by Crippen LogP contribution is 2.29. The SMILES string of the molecule is O=C(NC1CCC(n2cc(-c3cnccn3)cn2)CC1)c1ccc(CN2CCCC2)cc1. The fourth-order valence-corrected chi connectivity index (χ4v) is 4.83. The van der Waals surface area contributed by atoms with E-state index in [2.05, 4.69) is 43.6 Å². The Labute approximate surface area is 188 Å². The molecule has 1 saturated heterocycles. The number of rotatable bonds is 6. The maximum atomic E-state index is 12.7. The highest BCUT2D eigenvalue weighted by molar-refractivity contribution is 5.94. The number of hydrogen-bond acceptors (Lipinski definition) is 5. The van der Waals surface area contributed by atoms with Gasteiger partial charge in [0, 0.05) is 42.3 Å². The van der Waals surface area contributed by atoms with Gasteiger partial charge in [0.05, 0.1) is 24.1 Å². The van der Waals surface area contributed by atoms with Crippen LogP contribution < -0.4 is 5.32 Å². The Hall–Kier alpha value is -3.06. The minimum absolute atomic E-state index is 0.0326. The quantitative estimate of drug-likeness (QED) is 0.643. The van der Waals surface area contributed by atoms with Crippen molar-refractivity contribution in [2.75, 3.05) is 13.1 Å². The van der Waals surface area contributed by atoms with Gasteiger partial charge in [-0.15, -0.1) is 0 Å². The van der Waals surface area contributed by atoms with Gasteiger partial charge in [-0.25, -0.2) is 0 Å². The first kappa shape index (κ1) is 20.8. The molecular weight excluding hydrogens is 400 g/mol. The molecule has 0 spiro atoms. The van der Waals surface area contributed by atoms with Crippen LogP contribution in [0.3, 0.4) is 0 Å². The molecule has 2 fully saturated rings. The van der Waals surface area contributed by atoms with Crippen LogP contribution in [-0.4, -0.2) is 49.7 Å². The molecule has 1 aliphatic heterocycles. The summed E-state index contributed by atoms with van der Waals surface area (Å²) in [5.74, 6) is 0.0326. The molecule has 1 aromatic carbocycles. The first-order valence-electron chi connectivity index (χ1n) is 11.7. The molecule has 0 bridgehead atoms. The Morgan fingerprint density at radius 2 is 1.78 bits per heavy atom. The van der Waals surface area contributed by atoms with E-state index in [9.17, 15) is 4.79 Å². The zero-order valence-corrected chi connectivity index (χ0v) is 18.4. The summed E-state index contributed by atoms with van der Waals surface area (Å²) in [4.78, 5) is 23.7. The topological polar surface area (TPSA) is 75.9 Å². The summed E-state index contributed by atoms with van der Waals surface area (Å²) in [5.41, 5.74) is 3.86. The van der Waals surface area contributed by atoms with Gasteiger partial charge in [0.2, 0.25) is 0 Å². The Kier molecular flexibility index (Phi) is 6.25. The van der Waals surface area contributed by atoms with Gasteiger partial charge in [-0.1, -0.05) is 12.1 Å². The van der Waals surface area contributed by atoms with Crippen molar-refractivity contribution < 1.29 is 4.79 Å². The maximum absolute atomic E-state index is 12.7. The molecule has 5 rings (SSSR count).